The summed E-state index contributed by atoms with van der Waals surface area (Å²) in [5.41, 5.74) is -0.00977. The fourth-order valence-corrected chi connectivity index (χ4v) is 2.57. The van der Waals surface area contributed by atoms with Gasteiger partial charge in [0, 0.05) is 5.57 Å². The zero-order valence-corrected chi connectivity index (χ0v) is 9.90. The molecule has 96 valence electrons. The van der Waals surface area contributed by atoms with Crippen LogP contribution in [0.1, 0.15) is 11.5 Å². The number of carbonyl (C=O) groups is 2. The maximum atomic E-state index is 11.6. The predicted octanol–water partition coefficient (Wildman–Crippen LogP) is -0.419. The van der Waals surface area contributed by atoms with E-state index in [4.69, 9.17) is 4.55 Å². The van der Waals surface area contributed by atoms with Crippen molar-refractivity contribution in [2.24, 2.45) is 0 Å². The van der Waals surface area contributed by atoms with Crippen molar-refractivity contribution in [3.8, 4) is 0 Å². The van der Waals surface area contributed by atoms with E-state index in [2.05, 4.69) is 6.58 Å². The molecular weight excluding hydrogens is 281 g/mol. The summed E-state index contributed by atoms with van der Waals surface area (Å²) in [6.07, 6.45) is 0. The van der Waals surface area contributed by atoms with Gasteiger partial charge in [0.05, 0.1) is 10.8 Å². The zero-order valence-electron chi connectivity index (χ0n) is 9.08. The average Bonchev–Trinajstić information content (AvgIpc) is 2.52. The van der Waals surface area contributed by atoms with Gasteiger partial charge >= 0.3 is 29.6 Å². The van der Waals surface area contributed by atoms with Gasteiger partial charge in [0.2, 0.25) is 5.91 Å². The number of imide groups is 1. The fraction of sp³-hybridized carbons (Fsp3) is 0.0909. The van der Waals surface area contributed by atoms with Crippen LogP contribution in [0.4, 0.5) is 0 Å². The minimum absolute atomic E-state index is 0. The summed E-state index contributed by atoms with van der Waals surface area (Å²) in [7, 11) is -4.47. The van der Waals surface area contributed by atoms with Crippen molar-refractivity contribution in [3.63, 3.8) is 0 Å². The van der Waals surface area contributed by atoms with Gasteiger partial charge in [0.25, 0.3) is 16.0 Å². The Bertz CT molecular complexity index is 667. The van der Waals surface area contributed by atoms with E-state index in [1.165, 1.54) is 18.2 Å². The first-order valence-corrected chi connectivity index (χ1v) is 6.37. The van der Waals surface area contributed by atoms with Crippen LogP contribution in [-0.2, 0) is 19.7 Å². The third-order valence-corrected chi connectivity index (χ3v) is 3.57. The van der Waals surface area contributed by atoms with Crippen LogP contribution in [0.25, 0.3) is 0 Å². The van der Waals surface area contributed by atoms with Gasteiger partial charge in [-0.1, -0.05) is 24.8 Å². The number of carbonyl (C=O) groups excluding carboxylic acids is 2. The van der Waals surface area contributed by atoms with Crippen molar-refractivity contribution in [2.45, 2.75) is 10.8 Å². The predicted molar refractivity (Wildman–Crippen MR) is 68.4 cm³/mol. The first-order valence-electron chi connectivity index (χ1n) is 4.93. The van der Waals surface area contributed by atoms with Crippen LogP contribution in [0.15, 0.2) is 41.3 Å². The van der Waals surface area contributed by atoms with Gasteiger partial charge in [0.1, 0.15) is 0 Å². The van der Waals surface area contributed by atoms with E-state index in [0.29, 0.717) is 0 Å². The molecule has 6 nitrogen and oxygen atoms in total. The molecule has 2 amide bonds. The first kappa shape index (κ1) is 16.1. The molecule has 0 bridgehead atoms. The van der Waals surface area contributed by atoms with Crippen molar-refractivity contribution in [2.75, 3.05) is 0 Å². The summed E-state index contributed by atoms with van der Waals surface area (Å²) in [5, 5.41) is 2.04. The Labute approximate surface area is 131 Å². The minimum atomic E-state index is -4.47. The fourth-order valence-electron chi connectivity index (χ4n) is 1.84. The SMILES string of the molecule is C=C1C(=O)NC(=O)C1c1ccccc1S(=O)(=O)O.[NaH]. The van der Waals surface area contributed by atoms with Crippen molar-refractivity contribution >= 4 is 51.5 Å². The third kappa shape index (κ3) is 2.96. The zero-order chi connectivity index (χ0) is 13.5. The monoisotopic (exact) mass is 291 g/mol. The Kier molecular flexibility index (Phi) is 4.70. The Balaban J connectivity index is 0.00000180. The molecule has 0 radical (unpaired) electrons. The van der Waals surface area contributed by atoms with Crippen molar-refractivity contribution in [1.82, 2.24) is 5.32 Å². The first-order chi connectivity index (χ1) is 8.32. The van der Waals surface area contributed by atoms with Gasteiger partial charge in [-0.2, -0.15) is 8.42 Å². The normalized spacial score (nSPS) is 19.0. The van der Waals surface area contributed by atoms with Crippen LogP contribution < -0.4 is 5.32 Å². The van der Waals surface area contributed by atoms with Gasteiger partial charge in [0.15, 0.2) is 0 Å². The summed E-state index contributed by atoms with van der Waals surface area (Å²) in [5.74, 6) is -2.38. The molecule has 1 aromatic rings. The second-order valence-corrected chi connectivity index (χ2v) is 5.18. The molecule has 0 spiro atoms. The molecule has 8 heteroatoms. The Morgan fingerprint density at radius 3 is 2.26 bits per heavy atom. The van der Waals surface area contributed by atoms with Crippen LogP contribution in [-0.4, -0.2) is 54.3 Å². The molecule has 1 aliphatic rings. The third-order valence-electron chi connectivity index (χ3n) is 2.65. The Morgan fingerprint density at radius 1 is 1.21 bits per heavy atom. The molecule has 0 saturated carbocycles. The number of rotatable bonds is 2. The summed E-state index contributed by atoms with van der Waals surface area (Å²) in [6, 6.07) is 5.43. The standard InChI is InChI=1S/C11H9NO5S.Na.H/c1-6-9(11(14)12-10(6)13)7-4-2-3-5-8(7)18(15,16)17;;/h2-5,9H,1H2,(H,12,13,14)(H,15,16,17);;. The van der Waals surface area contributed by atoms with Gasteiger partial charge in [-0.3, -0.25) is 19.5 Å². The van der Waals surface area contributed by atoms with E-state index in [-0.39, 0.29) is 40.7 Å². The van der Waals surface area contributed by atoms with E-state index >= 15 is 0 Å². The molecule has 1 aromatic carbocycles. The number of amides is 2. The van der Waals surface area contributed by atoms with Crippen molar-refractivity contribution in [3.05, 3.63) is 42.0 Å². The summed E-state index contributed by atoms with van der Waals surface area (Å²) < 4.78 is 31.5. The molecule has 2 rings (SSSR count). The molecule has 1 unspecified atom stereocenters. The van der Waals surface area contributed by atoms with Crippen LogP contribution in [0.2, 0.25) is 0 Å². The summed E-state index contributed by atoms with van der Waals surface area (Å²) >= 11 is 0. The number of benzene rings is 1. The topological polar surface area (TPSA) is 101 Å². The van der Waals surface area contributed by atoms with Gasteiger partial charge in [-0.25, -0.2) is 0 Å². The van der Waals surface area contributed by atoms with E-state index in [1.807, 2.05) is 5.32 Å². The summed E-state index contributed by atoms with van der Waals surface area (Å²) in [4.78, 5) is 22.5. The molecule has 19 heavy (non-hydrogen) atoms. The number of hydrogen-bond acceptors (Lipinski definition) is 4. The number of hydrogen-bond donors (Lipinski definition) is 2. The van der Waals surface area contributed by atoms with Gasteiger partial charge < -0.3 is 0 Å². The molecule has 2 N–H and O–H groups in total. The van der Waals surface area contributed by atoms with Crippen molar-refractivity contribution < 1.29 is 22.6 Å². The average molecular weight is 291 g/mol. The molecule has 0 aliphatic carbocycles. The Hall–Kier alpha value is -0.990. The Morgan fingerprint density at radius 2 is 1.79 bits per heavy atom. The second kappa shape index (κ2) is 5.56. The molecule has 1 saturated heterocycles. The molecule has 1 fully saturated rings. The van der Waals surface area contributed by atoms with E-state index in [1.54, 1.807) is 0 Å². The van der Waals surface area contributed by atoms with Crippen molar-refractivity contribution in [1.29, 1.82) is 0 Å². The van der Waals surface area contributed by atoms with Gasteiger partial charge in [-0.05, 0) is 11.6 Å². The van der Waals surface area contributed by atoms with E-state index in [9.17, 15) is 18.0 Å². The van der Waals surface area contributed by atoms with E-state index in [0.717, 1.165) is 6.07 Å². The quantitative estimate of drug-likeness (QED) is 0.334. The van der Waals surface area contributed by atoms with Crippen LogP contribution >= 0.6 is 0 Å². The number of nitrogens with one attached hydrogen (secondary N) is 1. The molecular formula is C11H10NNaO5S. The van der Waals surface area contributed by atoms with Crippen LogP contribution in [0.5, 0.6) is 0 Å². The molecule has 0 aromatic heterocycles. The summed E-state index contributed by atoms with van der Waals surface area (Å²) in [6.45, 7) is 3.46. The van der Waals surface area contributed by atoms with Gasteiger partial charge in [-0.15, -0.1) is 0 Å². The second-order valence-electron chi connectivity index (χ2n) is 3.79. The van der Waals surface area contributed by atoms with E-state index < -0.39 is 32.7 Å². The van der Waals surface area contributed by atoms with Crippen LogP contribution in [0, 0.1) is 0 Å². The molecule has 1 aliphatic heterocycles. The molecule has 1 atom stereocenters. The maximum absolute atomic E-state index is 11.6. The van der Waals surface area contributed by atoms with Crippen LogP contribution in [0.3, 0.4) is 0 Å². The molecule has 1 heterocycles.